The first kappa shape index (κ1) is 12.6. The number of hydrogen-bond acceptors (Lipinski definition) is 4. The fourth-order valence-corrected chi connectivity index (χ4v) is 4.02. The first-order chi connectivity index (χ1) is 8.75. The van der Waals surface area contributed by atoms with Crippen molar-refractivity contribution in [1.82, 2.24) is 14.9 Å². The number of likely N-dealkylation sites (tertiary alicyclic amines) is 1. The molecule has 4 nitrogen and oxygen atoms in total. The van der Waals surface area contributed by atoms with Gasteiger partial charge in [0.2, 0.25) is 0 Å². The van der Waals surface area contributed by atoms with Gasteiger partial charge in [0, 0.05) is 25.3 Å². The van der Waals surface area contributed by atoms with Gasteiger partial charge in [0.15, 0.2) is 0 Å². The van der Waals surface area contributed by atoms with Crippen LogP contribution in [0.3, 0.4) is 0 Å². The van der Waals surface area contributed by atoms with E-state index in [2.05, 4.69) is 49.4 Å². The number of nitrogens with zero attached hydrogens (tertiary/aromatic N) is 4. The van der Waals surface area contributed by atoms with Gasteiger partial charge in [-0.15, -0.1) is 0 Å². The molecule has 2 unspecified atom stereocenters. The van der Waals surface area contributed by atoms with Crippen LogP contribution in [0.5, 0.6) is 0 Å². The van der Waals surface area contributed by atoms with Crippen molar-refractivity contribution in [3.8, 4) is 0 Å². The molecule has 2 aliphatic heterocycles. The molecular formula is C13H19IN4. The Kier molecular flexibility index (Phi) is 3.70. The number of anilines is 1. The predicted molar refractivity (Wildman–Crippen MR) is 80.7 cm³/mol. The van der Waals surface area contributed by atoms with Crippen molar-refractivity contribution in [2.45, 2.75) is 25.3 Å². The second-order valence-corrected chi connectivity index (χ2v) is 6.54. The smallest absolute Gasteiger partial charge is 0.145 e. The fourth-order valence-electron chi connectivity index (χ4n) is 3.38. The van der Waals surface area contributed by atoms with Gasteiger partial charge < -0.3 is 9.80 Å². The summed E-state index contributed by atoms with van der Waals surface area (Å²) in [4.78, 5) is 13.5. The Morgan fingerprint density at radius 2 is 2.22 bits per heavy atom. The Hall–Kier alpha value is -0.430. The lowest BCUT2D eigenvalue weighted by molar-refractivity contribution is 0.102. The van der Waals surface area contributed by atoms with Gasteiger partial charge in [0.25, 0.3) is 0 Å². The van der Waals surface area contributed by atoms with Gasteiger partial charge in [0.1, 0.15) is 12.1 Å². The highest BCUT2D eigenvalue weighted by atomic mass is 127. The van der Waals surface area contributed by atoms with Crippen LogP contribution in [-0.2, 0) is 0 Å². The third-order valence-electron chi connectivity index (χ3n) is 4.29. The van der Waals surface area contributed by atoms with Crippen molar-refractivity contribution < 1.29 is 0 Å². The van der Waals surface area contributed by atoms with Crippen LogP contribution in [0.15, 0.2) is 12.5 Å². The molecule has 0 amide bonds. The average molecular weight is 358 g/mol. The molecule has 18 heavy (non-hydrogen) atoms. The standard InChI is InChI=1S/C13H19IN4/c1-17-5-2-3-10-8-18(6-4-12(10)17)13-11(14)7-15-9-16-13/h7,9-10,12H,2-6,8H2,1H3. The normalized spacial score (nSPS) is 29.1. The molecule has 98 valence electrons. The molecule has 3 heterocycles. The minimum absolute atomic E-state index is 0.787. The quantitative estimate of drug-likeness (QED) is 0.719. The summed E-state index contributed by atoms with van der Waals surface area (Å²) in [5, 5.41) is 0. The number of piperidine rings is 2. The van der Waals surface area contributed by atoms with Gasteiger partial charge in [-0.1, -0.05) is 0 Å². The molecule has 5 heteroatoms. The summed E-state index contributed by atoms with van der Waals surface area (Å²) in [7, 11) is 2.28. The highest BCUT2D eigenvalue weighted by molar-refractivity contribution is 14.1. The summed E-state index contributed by atoms with van der Waals surface area (Å²) < 4.78 is 1.16. The van der Waals surface area contributed by atoms with Crippen molar-refractivity contribution in [3.05, 3.63) is 16.1 Å². The third kappa shape index (κ3) is 2.34. The molecule has 0 aliphatic carbocycles. The Morgan fingerprint density at radius 3 is 3.06 bits per heavy atom. The van der Waals surface area contributed by atoms with E-state index in [0.717, 1.165) is 34.4 Å². The zero-order valence-corrected chi connectivity index (χ0v) is 12.9. The van der Waals surface area contributed by atoms with Crippen LogP contribution in [0, 0.1) is 9.49 Å². The number of halogens is 1. The van der Waals surface area contributed by atoms with Gasteiger partial charge in [-0.25, -0.2) is 9.97 Å². The van der Waals surface area contributed by atoms with Crippen molar-refractivity contribution in [2.75, 3.05) is 31.6 Å². The number of fused-ring (bicyclic) bond motifs is 1. The van der Waals surface area contributed by atoms with Crippen LogP contribution in [-0.4, -0.2) is 47.6 Å². The number of aromatic nitrogens is 2. The molecule has 1 aromatic heterocycles. The lowest BCUT2D eigenvalue weighted by Crippen LogP contribution is -2.53. The van der Waals surface area contributed by atoms with E-state index in [0.29, 0.717) is 0 Å². The number of rotatable bonds is 1. The molecule has 1 aromatic rings. The van der Waals surface area contributed by atoms with Gasteiger partial charge in [-0.05, 0) is 61.4 Å². The van der Waals surface area contributed by atoms with Crippen LogP contribution in [0.1, 0.15) is 19.3 Å². The van der Waals surface area contributed by atoms with Crippen molar-refractivity contribution >= 4 is 28.4 Å². The zero-order valence-electron chi connectivity index (χ0n) is 10.7. The maximum Gasteiger partial charge on any atom is 0.145 e. The van der Waals surface area contributed by atoms with Gasteiger partial charge in [-0.2, -0.15) is 0 Å². The van der Waals surface area contributed by atoms with E-state index in [-0.39, 0.29) is 0 Å². The predicted octanol–water partition coefficient (Wildman–Crippen LogP) is 2.00. The maximum absolute atomic E-state index is 4.45. The number of hydrogen-bond donors (Lipinski definition) is 0. The molecule has 2 fully saturated rings. The van der Waals surface area contributed by atoms with Crippen LogP contribution in [0.25, 0.3) is 0 Å². The summed E-state index contributed by atoms with van der Waals surface area (Å²) >= 11 is 2.34. The average Bonchev–Trinajstić information content (AvgIpc) is 2.39. The molecule has 2 atom stereocenters. The Balaban J connectivity index is 1.76. The molecule has 0 spiro atoms. The van der Waals surface area contributed by atoms with E-state index < -0.39 is 0 Å². The van der Waals surface area contributed by atoms with Crippen LogP contribution >= 0.6 is 22.6 Å². The minimum Gasteiger partial charge on any atom is -0.355 e. The van der Waals surface area contributed by atoms with E-state index in [1.165, 1.54) is 25.8 Å². The van der Waals surface area contributed by atoms with Crippen molar-refractivity contribution in [1.29, 1.82) is 0 Å². The molecular weight excluding hydrogens is 339 g/mol. The van der Waals surface area contributed by atoms with Gasteiger partial charge >= 0.3 is 0 Å². The third-order valence-corrected chi connectivity index (χ3v) is 5.05. The summed E-state index contributed by atoms with van der Waals surface area (Å²) in [5.41, 5.74) is 0. The minimum atomic E-state index is 0.787. The molecule has 2 saturated heterocycles. The second-order valence-electron chi connectivity index (χ2n) is 5.38. The van der Waals surface area contributed by atoms with E-state index in [1.807, 2.05) is 6.20 Å². The highest BCUT2D eigenvalue weighted by Gasteiger charge is 2.34. The molecule has 0 bridgehead atoms. The summed E-state index contributed by atoms with van der Waals surface area (Å²) in [6, 6.07) is 0.787. The Labute approximate surface area is 122 Å². The lowest BCUT2D eigenvalue weighted by Gasteiger charge is -2.46. The van der Waals surface area contributed by atoms with Gasteiger partial charge in [0.05, 0.1) is 3.57 Å². The molecule has 2 aliphatic rings. The van der Waals surface area contributed by atoms with E-state index >= 15 is 0 Å². The lowest BCUT2D eigenvalue weighted by atomic mass is 9.84. The topological polar surface area (TPSA) is 32.3 Å². The Bertz CT molecular complexity index is 425. The fraction of sp³-hybridized carbons (Fsp3) is 0.692. The molecule has 0 N–H and O–H groups in total. The summed E-state index contributed by atoms with van der Waals surface area (Å²) in [6.07, 6.45) is 7.54. The maximum atomic E-state index is 4.45. The molecule has 0 aromatic carbocycles. The van der Waals surface area contributed by atoms with E-state index in [4.69, 9.17) is 0 Å². The second kappa shape index (κ2) is 5.28. The molecule has 0 radical (unpaired) electrons. The Morgan fingerprint density at radius 1 is 1.33 bits per heavy atom. The SMILES string of the molecule is CN1CCCC2CN(c3ncncc3I)CCC21. The van der Waals surface area contributed by atoms with Gasteiger partial charge in [-0.3, -0.25) is 0 Å². The van der Waals surface area contributed by atoms with Crippen LogP contribution < -0.4 is 4.90 Å². The summed E-state index contributed by atoms with van der Waals surface area (Å²) in [6.45, 7) is 3.55. The molecule has 0 saturated carbocycles. The molecule has 3 rings (SSSR count). The van der Waals surface area contributed by atoms with E-state index in [1.54, 1.807) is 6.33 Å². The highest BCUT2D eigenvalue weighted by Crippen LogP contribution is 2.32. The van der Waals surface area contributed by atoms with Crippen LogP contribution in [0.4, 0.5) is 5.82 Å². The van der Waals surface area contributed by atoms with Crippen molar-refractivity contribution in [2.24, 2.45) is 5.92 Å². The zero-order chi connectivity index (χ0) is 12.5. The summed E-state index contributed by atoms with van der Waals surface area (Å²) in [5.74, 6) is 1.93. The van der Waals surface area contributed by atoms with Crippen molar-refractivity contribution in [3.63, 3.8) is 0 Å². The first-order valence-corrected chi connectivity index (χ1v) is 7.74. The van der Waals surface area contributed by atoms with E-state index in [9.17, 15) is 0 Å². The monoisotopic (exact) mass is 358 g/mol. The largest absolute Gasteiger partial charge is 0.355 e. The first-order valence-electron chi connectivity index (χ1n) is 6.66. The van der Waals surface area contributed by atoms with Crippen LogP contribution in [0.2, 0.25) is 0 Å².